The Morgan fingerprint density at radius 2 is 1.00 bits per heavy atom. The molecule has 1 aliphatic carbocycles. The third kappa shape index (κ3) is 13.6. The molecule has 6 N–H and O–H groups in total. The van der Waals surface area contributed by atoms with Crippen LogP contribution in [0.15, 0.2) is 0 Å². The van der Waals surface area contributed by atoms with E-state index in [-0.39, 0.29) is 154 Å². The molecule has 27 heavy (non-hydrogen) atoms. The van der Waals surface area contributed by atoms with Gasteiger partial charge in [-0.25, -0.2) is 4.57 Å². The van der Waals surface area contributed by atoms with Gasteiger partial charge in [-0.2, -0.15) is 0 Å². The van der Waals surface area contributed by atoms with E-state index in [0.29, 0.717) is 0 Å². The fourth-order valence-electron chi connectivity index (χ4n) is 2.00. The second-order valence-corrected chi connectivity index (χ2v) is 8.03. The SMILES string of the molecule is O=P([O-])([O-])O[C@@H]1[C@H](O)[C@H](O)[C@@H](OP(=O)([O-])O)[C@H](OP(=O)(O)O)[C@H]1O.[K+].[K+].[K+]. The van der Waals surface area contributed by atoms with Crippen LogP contribution in [0.3, 0.4) is 0 Å². The molecular formula is C6H12K3O15P3. The van der Waals surface area contributed by atoms with Crippen molar-refractivity contribution in [3.63, 3.8) is 0 Å². The number of phosphoric acid groups is 3. The van der Waals surface area contributed by atoms with Crippen LogP contribution in [-0.2, 0) is 27.3 Å². The van der Waals surface area contributed by atoms with E-state index in [1.807, 2.05) is 0 Å². The van der Waals surface area contributed by atoms with Crippen molar-refractivity contribution in [2.75, 3.05) is 0 Å². The largest absolute Gasteiger partial charge is 1.00 e. The third-order valence-electron chi connectivity index (χ3n) is 2.78. The molecule has 0 amide bonds. The minimum Gasteiger partial charge on any atom is -0.790 e. The molecule has 0 bridgehead atoms. The van der Waals surface area contributed by atoms with Crippen molar-refractivity contribution >= 4 is 23.5 Å². The van der Waals surface area contributed by atoms with Crippen molar-refractivity contribution in [3.05, 3.63) is 0 Å². The van der Waals surface area contributed by atoms with Gasteiger partial charge in [0, 0.05) is 0 Å². The molecule has 21 heteroatoms. The van der Waals surface area contributed by atoms with E-state index in [2.05, 4.69) is 13.6 Å². The summed E-state index contributed by atoms with van der Waals surface area (Å²) in [6, 6.07) is 0. The Kier molecular flexibility index (Phi) is 19.7. The monoisotopic (exact) mass is 534 g/mol. The topological polar surface area (TPSA) is 269 Å². The molecule has 144 valence electrons. The second kappa shape index (κ2) is 14.5. The van der Waals surface area contributed by atoms with Crippen molar-refractivity contribution in [1.82, 2.24) is 0 Å². The Balaban J connectivity index is -0.00000192. The number of hydrogen-bond acceptors (Lipinski definition) is 12. The van der Waals surface area contributed by atoms with Crippen LogP contribution in [-0.4, -0.2) is 66.6 Å². The van der Waals surface area contributed by atoms with Crippen LogP contribution in [0.4, 0.5) is 0 Å². The van der Waals surface area contributed by atoms with Gasteiger partial charge < -0.3 is 58.3 Å². The Morgan fingerprint density at radius 3 is 1.33 bits per heavy atom. The summed E-state index contributed by atoms with van der Waals surface area (Å²) in [7, 11) is -17.0. The fourth-order valence-corrected chi connectivity index (χ4v) is 3.66. The van der Waals surface area contributed by atoms with Gasteiger partial charge in [0.25, 0.3) is 7.82 Å². The molecule has 0 aromatic heterocycles. The summed E-state index contributed by atoms with van der Waals surface area (Å²) in [4.78, 5) is 58.0. The maximum Gasteiger partial charge on any atom is 1.00 e. The van der Waals surface area contributed by atoms with Gasteiger partial charge >= 0.3 is 162 Å². The first-order valence-corrected chi connectivity index (χ1v) is 10.2. The van der Waals surface area contributed by atoms with E-state index in [9.17, 15) is 43.7 Å². The maximum absolute atomic E-state index is 10.9. The van der Waals surface area contributed by atoms with Crippen LogP contribution in [0.1, 0.15) is 0 Å². The zero-order valence-corrected chi connectivity index (χ0v) is 26.2. The van der Waals surface area contributed by atoms with E-state index < -0.39 is 60.1 Å². The number of aliphatic hydroxyl groups excluding tert-OH is 3. The molecule has 0 aromatic carbocycles. The quantitative estimate of drug-likeness (QED) is 0.136. The summed E-state index contributed by atoms with van der Waals surface area (Å²) in [6.45, 7) is 0. The Bertz CT molecular complexity index is 587. The van der Waals surface area contributed by atoms with Gasteiger partial charge in [-0.1, -0.05) is 0 Å². The number of phosphoric ester groups is 3. The summed E-state index contributed by atoms with van der Waals surface area (Å²) in [5.41, 5.74) is 0. The van der Waals surface area contributed by atoms with Crippen molar-refractivity contribution in [3.8, 4) is 0 Å². The zero-order valence-electron chi connectivity index (χ0n) is 14.2. The molecule has 0 aromatic rings. The van der Waals surface area contributed by atoms with Gasteiger partial charge in [0.1, 0.15) is 36.6 Å². The maximum atomic E-state index is 10.9. The molecule has 1 aliphatic rings. The Hall–Kier alpha value is 5.12. The number of hydrogen-bond donors (Lipinski definition) is 6. The van der Waals surface area contributed by atoms with E-state index in [4.69, 9.17) is 14.7 Å². The van der Waals surface area contributed by atoms with Gasteiger partial charge in [0.05, 0.1) is 7.82 Å². The van der Waals surface area contributed by atoms with Crippen LogP contribution < -0.4 is 169 Å². The molecule has 0 saturated heterocycles. The molecular weight excluding hydrogens is 522 g/mol. The summed E-state index contributed by atoms with van der Waals surface area (Å²) in [5.74, 6) is 0. The van der Waals surface area contributed by atoms with Crippen LogP contribution in [0.25, 0.3) is 0 Å². The number of rotatable bonds is 6. The summed E-state index contributed by atoms with van der Waals surface area (Å²) in [5, 5.41) is 29.1. The minimum atomic E-state index is -5.86. The molecule has 7 atom stereocenters. The molecule has 1 rings (SSSR count). The van der Waals surface area contributed by atoms with Crippen molar-refractivity contribution in [2.45, 2.75) is 36.6 Å². The van der Waals surface area contributed by atoms with E-state index in [1.165, 1.54) is 0 Å². The van der Waals surface area contributed by atoms with Crippen molar-refractivity contribution in [1.29, 1.82) is 0 Å². The summed E-state index contributed by atoms with van der Waals surface area (Å²) >= 11 is 0. The normalized spacial score (nSPS) is 33.7. The van der Waals surface area contributed by atoms with Gasteiger partial charge in [-0.15, -0.1) is 0 Å². The molecule has 1 saturated carbocycles. The van der Waals surface area contributed by atoms with Gasteiger partial charge in [-0.05, 0) is 0 Å². The fraction of sp³-hybridized carbons (Fsp3) is 1.00. The average molecular weight is 534 g/mol. The first-order valence-electron chi connectivity index (χ1n) is 5.72. The molecule has 1 fully saturated rings. The second-order valence-electron chi connectivity index (χ2n) is 4.59. The average Bonchev–Trinajstić information content (AvgIpc) is 2.32. The Morgan fingerprint density at radius 1 is 0.630 bits per heavy atom. The van der Waals surface area contributed by atoms with Crippen LogP contribution in [0, 0.1) is 0 Å². The van der Waals surface area contributed by atoms with Gasteiger partial charge in [0.15, 0.2) is 0 Å². The summed E-state index contributed by atoms with van der Waals surface area (Å²) in [6.07, 6.45) is -15.0. The van der Waals surface area contributed by atoms with Crippen LogP contribution >= 0.6 is 23.5 Å². The van der Waals surface area contributed by atoms with Gasteiger partial charge in [0.2, 0.25) is 0 Å². The van der Waals surface area contributed by atoms with E-state index in [1.54, 1.807) is 0 Å². The molecule has 1 unspecified atom stereocenters. The summed E-state index contributed by atoms with van der Waals surface area (Å²) < 4.78 is 43.9. The first kappa shape index (κ1) is 36.7. The predicted octanol–water partition coefficient (Wildman–Crippen LogP) is -14.4. The van der Waals surface area contributed by atoms with Crippen LogP contribution in [0.2, 0.25) is 0 Å². The van der Waals surface area contributed by atoms with E-state index in [0.717, 1.165) is 0 Å². The molecule has 0 aliphatic heterocycles. The van der Waals surface area contributed by atoms with Crippen molar-refractivity contribution < 1.29 is 226 Å². The zero-order chi connectivity index (χ0) is 19.1. The van der Waals surface area contributed by atoms with Crippen LogP contribution in [0.5, 0.6) is 0 Å². The van der Waals surface area contributed by atoms with Crippen molar-refractivity contribution in [2.24, 2.45) is 0 Å². The first-order chi connectivity index (χ1) is 10.5. The third-order valence-corrected chi connectivity index (χ3v) is 4.31. The smallest absolute Gasteiger partial charge is 0.790 e. The number of aliphatic hydroxyl groups is 3. The van der Waals surface area contributed by atoms with E-state index >= 15 is 0 Å². The Labute approximate surface area is 279 Å². The minimum absolute atomic E-state index is 0. The standard InChI is InChI=1S/C6H15O15P3.3K/c7-1-2(8)5(20-23(13,14)15)6(21-24(16,17)18)3(9)4(1)19-22(10,11)12;;;/h1-9H,(H2,10,11,12)(H2,13,14,15)(H2,16,17,18);;;/q;3*+1/p-3/t1-,2+,3+,4-,5-,6-;;;/m1.../s1. The molecule has 0 spiro atoms. The van der Waals surface area contributed by atoms with Gasteiger partial charge in [-0.3, -0.25) is 9.09 Å². The molecule has 15 nitrogen and oxygen atoms in total. The molecule has 0 radical (unpaired) electrons. The predicted molar refractivity (Wildman–Crippen MR) is 62.1 cm³/mol. The molecule has 0 heterocycles.